The van der Waals surface area contributed by atoms with Crippen molar-refractivity contribution in [2.24, 2.45) is 0 Å². The van der Waals surface area contributed by atoms with Crippen molar-refractivity contribution >= 4 is 5.91 Å². The van der Waals surface area contributed by atoms with Crippen LogP contribution in [0.2, 0.25) is 0 Å². The highest BCUT2D eigenvalue weighted by Gasteiger charge is 2.30. The van der Waals surface area contributed by atoms with Gasteiger partial charge in [-0.2, -0.15) is 13.2 Å². The molecule has 1 aromatic rings. The molecule has 0 spiro atoms. The minimum absolute atomic E-state index is 0.127. The average molecular weight is 245 g/mol. The van der Waals surface area contributed by atoms with E-state index in [2.05, 4.69) is 5.32 Å². The van der Waals surface area contributed by atoms with E-state index in [9.17, 15) is 18.0 Å². The number of alkyl halides is 3. The summed E-state index contributed by atoms with van der Waals surface area (Å²) in [6.07, 6.45) is -3.97. The van der Waals surface area contributed by atoms with Gasteiger partial charge < -0.3 is 5.32 Å². The maximum Gasteiger partial charge on any atom is 0.416 e. The smallest absolute Gasteiger partial charge is 0.350 e. The van der Waals surface area contributed by atoms with Crippen molar-refractivity contribution in [3.05, 3.63) is 35.4 Å². The predicted octanol–water partition coefficient (Wildman–Crippen LogP) is 3.29. The minimum Gasteiger partial charge on any atom is -0.350 e. The van der Waals surface area contributed by atoms with E-state index in [0.29, 0.717) is 12.0 Å². The Balaban J connectivity index is 2.77. The standard InChI is InChI=1S/C12H14F3NO/c1-3-11(17)16-8(2)9-4-6-10(7-5-9)12(13,14)15/h4-8H,3H2,1-2H3,(H,16,17)/t8-/m0/s1. The summed E-state index contributed by atoms with van der Waals surface area (Å²) in [6, 6.07) is 4.51. The van der Waals surface area contributed by atoms with Crippen LogP contribution in [0.4, 0.5) is 13.2 Å². The van der Waals surface area contributed by atoms with E-state index in [-0.39, 0.29) is 11.9 Å². The molecular weight excluding hydrogens is 231 g/mol. The van der Waals surface area contributed by atoms with Gasteiger partial charge in [-0.25, -0.2) is 0 Å². The molecule has 0 aliphatic heterocycles. The topological polar surface area (TPSA) is 29.1 Å². The third-order valence-corrected chi connectivity index (χ3v) is 2.44. The lowest BCUT2D eigenvalue weighted by Gasteiger charge is -2.14. The third-order valence-electron chi connectivity index (χ3n) is 2.44. The monoisotopic (exact) mass is 245 g/mol. The maximum absolute atomic E-state index is 12.3. The molecule has 2 nitrogen and oxygen atoms in total. The molecule has 0 heterocycles. The minimum atomic E-state index is -4.32. The van der Waals surface area contributed by atoms with E-state index >= 15 is 0 Å². The average Bonchev–Trinajstić information content (AvgIpc) is 2.27. The highest BCUT2D eigenvalue weighted by Crippen LogP contribution is 2.29. The fourth-order valence-electron chi connectivity index (χ4n) is 1.39. The molecule has 0 radical (unpaired) electrons. The van der Waals surface area contributed by atoms with Crippen LogP contribution >= 0.6 is 0 Å². The van der Waals surface area contributed by atoms with Gasteiger partial charge in [-0.1, -0.05) is 19.1 Å². The lowest BCUT2D eigenvalue weighted by atomic mass is 10.1. The van der Waals surface area contributed by atoms with Crippen LogP contribution in [-0.2, 0) is 11.0 Å². The number of benzene rings is 1. The van der Waals surface area contributed by atoms with Crippen molar-refractivity contribution in [3.63, 3.8) is 0 Å². The Labute approximate surface area is 97.8 Å². The van der Waals surface area contributed by atoms with Gasteiger partial charge in [0, 0.05) is 6.42 Å². The highest BCUT2D eigenvalue weighted by molar-refractivity contribution is 5.75. The van der Waals surface area contributed by atoms with E-state index in [0.717, 1.165) is 12.1 Å². The number of nitrogens with one attached hydrogen (secondary N) is 1. The first-order valence-corrected chi connectivity index (χ1v) is 5.31. The molecule has 0 aliphatic rings. The number of carbonyl (C=O) groups is 1. The summed E-state index contributed by atoms with van der Waals surface area (Å²) >= 11 is 0. The quantitative estimate of drug-likeness (QED) is 0.869. The zero-order chi connectivity index (χ0) is 13.1. The Morgan fingerprint density at radius 3 is 2.24 bits per heavy atom. The molecule has 94 valence electrons. The van der Waals surface area contributed by atoms with Gasteiger partial charge in [0.1, 0.15) is 0 Å². The van der Waals surface area contributed by atoms with Crippen LogP contribution in [0.25, 0.3) is 0 Å². The molecule has 1 aromatic carbocycles. The van der Waals surface area contributed by atoms with Crippen LogP contribution in [0.3, 0.4) is 0 Å². The zero-order valence-corrected chi connectivity index (χ0v) is 9.64. The normalized spacial score (nSPS) is 13.2. The van der Waals surface area contributed by atoms with Gasteiger partial charge in [0.15, 0.2) is 0 Å². The molecule has 0 aliphatic carbocycles. The summed E-state index contributed by atoms with van der Waals surface area (Å²) in [5, 5.41) is 2.68. The largest absolute Gasteiger partial charge is 0.416 e. The van der Waals surface area contributed by atoms with Gasteiger partial charge in [-0.05, 0) is 24.6 Å². The van der Waals surface area contributed by atoms with Gasteiger partial charge in [-0.15, -0.1) is 0 Å². The molecule has 0 fully saturated rings. The van der Waals surface area contributed by atoms with Gasteiger partial charge >= 0.3 is 6.18 Å². The first-order valence-electron chi connectivity index (χ1n) is 5.31. The Morgan fingerprint density at radius 1 is 1.29 bits per heavy atom. The lowest BCUT2D eigenvalue weighted by Crippen LogP contribution is -2.25. The number of amides is 1. The number of hydrogen-bond donors (Lipinski definition) is 1. The maximum atomic E-state index is 12.3. The van der Waals surface area contributed by atoms with Crippen molar-refractivity contribution in [2.45, 2.75) is 32.5 Å². The van der Waals surface area contributed by atoms with Crippen LogP contribution in [0, 0.1) is 0 Å². The fraction of sp³-hybridized carbons (Fsp3) is 0.417. The molecule has 17 heavy (non-hydrogen) atoms. The Morgan fingerprint density at radius 2 is 1.82 bits per heavy atom. The molecule has 0 saturated heterocycles. The molecule has 0 aromatic heterocycles. The van der Waals surface area contributed by atoms with Crippen LogP contribution < -0.4 is 5.32 Å². The summed E-state index contributed by atoms with van der Waals surface area (Å²) in [7, 11) is 0. The molecule has 1 atom stereocenters. The van der Waals surface area contributed by atoms with E-state index in [1.54, 1.807) is 13.8 Å². The van der Waals surface area contributed by atoms with E-state index in [1.807, 2.05) is 0 Å². The zero-order valence-electron chi connectivity index (χ0n) is 9.64. The second-order valence-electron chi connectivity index (χ2n) is 3.76. The number of carbonyl (C=O) groups excluding carboxylic acids is 1. The van der Waals surface area contributed by atoms with Gasteiger partial charge in [-0.3, -0.25) is 4.79 Å². The van der Waals surface area contributed by atoms with Crippen molar-refractivity contribution < 1.29 is 18.0 Å². The predicted molar refractivity (Wildman–Crippen MR) is 58.3 cm³/mol. The SMILES string of the molecule is CCC(=O)N[C@@H](C)c1ccc(C(F)(F)F)cc1. The summed E-state index contributed by atoms with van der Waals surface area (Å²) in [6.45, 7) is 3.45. The van der Waals surface area contributed by atoms with E-state index in [4.69, 9.17) is 0 Å². The van der Waals surface area contributed by atoms with Crippen molar-refractivity contribution in [2.75, 3.05) is 0 Å². The summed E-state index contributed by atoms with van der Waals surface area (Å²) in [5.41, 5.74) is -0.0323. The molecule has 1 rings (SSSR count). The molecule has 0 bridgehead atoms. The van der Waals surface area contributed by atoms with Crippen molar-refractivity contribution in [1.29, 1.82) is 0 Å². The lowest BCUT2D eigenvalue weighted by molar-refractivity contribution is -0.137. The van der Waals surface area contributed by atoms with Gasteiger partial charge in [0.2, 0.25) is 5.91 Å². The summed E-state index contributed by atoms with van der Waals surface area (Å²) in [5.74, 6) is -0.127. The second-order valence-corrected chi connectivity index (χ2v) is 3.76. The van der Waals surface area contributed by atoms with Crippen LogP contribution in [0.15, 0.2) is 24.3 Å². The van der Waals surface area contributed by atoms with Gasteiger partial charge in [0.05, 0.1) is 11.6 Å². The summed E-state index contributed by atoms with van der Waals surface area (Å²) < 4.78 is 36.9. The summed E-state index contributed by atoms with van der Waals surface area (Å²) in [4.78, 5) is 11.1. The first kappa shape index (κ1) is 13.5. The molecule has 0 saturated carbocycles. The van der Waals surface area contributed by atoms with Crippen molar-refractivity contribution in [3.8, 4) is 0 Å². The molecular formula is C12H14F3NO. The van der Waals surface area contributed by atoms with Crippen LogP contribution in [0.5, 0.6) is 0 Å². The van der Waals surface area contributed by atoms with Crippen molar-refractivity contribution in [1.82, 2.24) is 5.32 Å². The highest BCUT2D eigenvalue weighted by atomic mass is 19.4. The molecule has 1 amide bonds. The Kier molecular flexibility index (Phi) is 4.15. The molecule has 1 N–H and O–H groups in total. The number of halogens is 3. The number of rotatable bonds is 3. The van der Waals surface area contributed by atoms with Crippen LogP contribution in [-0.4, -0.2) is 5.91 Å². The second kappa shape index (κ2) is 5.21. The van der Waals surface area contributed by atoms with E-state index < -0.39 is 11.7 Å². The van der Waals surface area contributed by atoms with E-state index in [1.165, 1.54) is 12.1 Å². The Bertz CT molecular complexity index is 384. The Hall–Kier alpha value is -1.52. The molecule has 0 unspecified atom stereocenters. The fourth-order valence-corrected chi connectivity index (χ4v) is 1.39. The third kappa shape index (κ3) is 3.76. The number of hydrogen-bond acceptors (Lipinski definition) is 1. The first-order chi connectivity index (χ1) is 7.84. The van der Waals surface area contributed by atoms with Crippen LogP contribution in [0.1, 0.15) is 37.4 Å². The van der Waals surface area contributed by atoms with Gasteiger partial charge in [0.25, 0.3) is 0 Å². The molecule has 5 heteroatoms.